The number of carbonyl (C=O) groups excluding carboxylic acids is 2. The Hall–Kier alpha value is -2.34. The molecule has 2 saturated heterocycles. The second-order valence-electron chi connectivity index (χ2n) is 6.04. The minimum atomic E-state index is -0.198. The lowest BCUT2D eigenvalue weighted by Crippen LogP contribution is -2.31. The van der Waals surface area contributed by atoms with E-state index in [1.165, 1.54) is 0 Å². The number of rotatable bonds is 2. The molecule has 2 fully saturated rings. The molecule has 1 aromatic heterocycles. The van der Waals surface area contributed by atoms with Crippen molar-refractivity contribution in [2.24, 2.45) is 11.8 Å². The van der Waals surface area contributed by atoms with Crippen molar-refractivity contribution in [3.63, 3.8) is 0 Å². The number of esters is 1. The average molecular weight is 349 g/mol. The number of carbonyl (C=O) groups is 2. The maximum absolute atomic E-state index is 12.9. The molecule has 126 valence electrons. The van der Waals surface area contributed by atoms with E-state index in [-0.39, 0.29) is 36.1 Å². The van der Waals surface area contributed by atoms with Gasteiger partial charge in [-0.2, -0.15) is 0 Å². The highest BCUT2D eigenvalue weighted by Crippen LogP contribution is 2.33. The molecule has 0 aliphatic carbocycles. The second kappa shape index (κ2) is 6.28. The molecule has 4 rings (SSSR count). The molecule has 0 spiro atoms. The number of cyclic esters (lactones) is 1. The van der Waals surface area contributed by atoms with Crippen molar-refractivity contribution >= 4 is 24.3 Å². The van der Waals surface area contributed by atoms with Crippen LogP contribution in [0.1, 0.15) is 16.1 Å². The molecule has 0 N–H and O–H groups in total. The first-order chi connectivity index (χ1) is 11.1. The van der Waals surface area contributed by atoms with Crippen molar-refractivity contribution in [2.75, 3.05) is 19.7 Å². The van der Waals surface area contributed by atoms with E-state index < -0.39 is 0 Å². The molecular formula is C17H17ClN2O4. The highest BCUT2D eigenvalue weighted by Gasteiger charge is 2.46. The first-order valence-electron chi connectivity index (χ1n) is 7.62. The van der Waals surface area contributed by atoms with Crippen LogP contribution >= 0.6 is 12.4 Å². The Labute approximate surface area is 145 Å². The molecule has 7 heteroatoms. The Morgan fingerprint density at radius 2 is 2.00 bits per heavy atom. The summed E-state index contributed by atoms with van der Waals surface area (Å²) >= 11 is 0. The minimum Gasteiger partial charge on any atom is -0.465 e. The number of benzene rings is 1. The van der Waals surface area contributed by atoms with Gasteiger partial charge in [-0.3, -0.25) is 9.59 Å². The van der Waals surface area contributed by atoms with Crippen LogP contribution in [0, 0.1) is 18.8 Å². The summed E-state index contributed by atoms with van der Waals surface area (Å²) in [5.74, 6) is 0.0694. The number of aryl methyl sites for hydroxylation is 1. The summed E-state index contributed by atoms with van der Waals surface area (Å²) in [6, 6.07) is 9.48. The van der Waals surface area contributed by atoms with Crippen LogP contribution in [-0.2, 0) is 9.53 Å². The van der Waals surface area contributed by atoms with E-state index >= 15 is 0 Å². The van der Waals surface area contributed by atoms with Crippen molar-refractivity contribution in [1.82, 2.24) is 10.1 Å². The summed E-state index contributed by atoms with van der Waals surface area (Å²) in [4.78, 5) is 26.3. The number of hydrogen-bond acceptors (Lipinski definition) is 5. The van der Waals surface area contributed by atoms with Crippen LogP contribution in [0.15, 0.2) is 34.9 Å². The summed E-state index contributed by atoms with van der Waals surface area (Å²) < 4.78 is 10.3. The van der Waals surface area contributed by atoms with Gasteiger partial charge in [0.2, 0.25) is 0 Å². The normalized spacial score (nSPS) is 22.0. The van der Waals surface area contributed by atoms with E-state index in [1.807, 2.05) is 30.3 Å². The lowest BCUT2D eigenvalue weighted by Gasteiger charge is -2.17. The van der Waals surface area contributed by atoms with Gasteiger partial charge < -0.3 is 14.2 Å². The van der Waals surface area contributed by atoms with Gasteiger partial charge in [0, 0.05) is 24.6 Å². The highest BCUT2D eigenvalue weighted by atomic mass is 35.5. The summed E-state index contributed by atoms with van der Waals surface area (Å²) in [6.07, 6.45) is 0. The molecule has 0 radical (unpaired) electrons. The molecule has 0 saturated carbocycles. The Morgan fingerprint density at radius 3 is 2.71 bits per heavy atom. The number of fused-ring (bicyclic) bond motifs is 1. The first-order valence-corrected chi connectivity index (χ1v) is 7.62. The highest BCUT2D eigenvalue weighted by molar-refractivity contribution is 6.01. The van der Waals surface area contributed by atoms with Gasteiger partial charge in [0.05, 0.1) is 12.5 Å². The minimum absolute atomic E-state index is 0. The predicted molar refractivity (Wildman–Crippen MR) is 87.8 cm³/mol. The molecule has 2 aromatic rings. The molecule has 1 aromatic carbocycles. The SMILES string of the molecule is Cc1onc(-c2ccccc2)c1C(=O)N1C[C@@H]2COC(=O)[C@@H]2C1.Cl. The molecule has 3 heterocycles. The zero-order valence-corrected chi connectivity index (χ0v) is 13.9. The van der Waals surface area contributed by atoms with Crippen molar-refractivity contribution in [2.45, 2.75) is 6.92 Å². The number of likely N-dealkylation sites (tertiary alicyclic amines) is 1. The van der Waals surface area contributed by atoms with Gasteiger partial charge in [0.15, 0.2) is 0 Å². The van der Waals surface area contributed by atoms with Crippen LogP contribution in [0.2, 0.25) is 0 Å². The summed E-state index contributed by atoms with van der Waals surface area (Å²) in [5, 5.41) is 4.05. The van der Waals surface area contributed by atoms with E-state index in [4.69, 9.17) is 9.26 Å². The number of ether oxygens (including phenoxy) is 1. The number of amides is 1. The Balaban J connectivity index is 0.00000169. The zero-order valence-electron chi connectivity index (χ0n) is 13.1. The maximum Gasteiger partial charge on any atom is 0.311 e. The molecule has 2 aliphatic heterocycles. The van der Waals surface area contributed by atoms with Gasteiger partial charge in [-0.05, 0) is 6.92 Å². The van der Waals surface area contributed by atoms with Gasteiger partial charge >= 0.3 is 5.97 Å². The van der Waals surface area contributed by atoms with Gasteiger partial charge in [-0.15, -0.1) is 12.4 Å². The number of nitrogens with zero attached hydrogens (tertiary/aromatic N) is 2. The van der Waals surface area contributed by atoms with Crippen molar-refractivity contribution < 1.29 is 18.8 Å². The molecule has 0 unspecified atom stereocenters. The third-order valence-corrected chi connectivity index (χ3v) is 4.59. The third-order valence-electron chi connectivity index (χ3n) is 4.59. The van der Waals surface area contributed by atoms with Crippen LogP contribution in [0.4, 0.5) is 0 Å². The first kappa shape index (κ1) is 16.5. The van der Waals surface area contributed by atoms with Crippen LogP contribution < -0.4 is 0 Å². The molecule has 2 atom stereocenters. The average Bonchev–Trinajstić information content (AvgIpc) is 3.24. The molecule has 1 amide bonds. The fraction of sp³-hybridized carbons (Fsp3) is 0.353. The van der Waals surface area contributed by atoms with Crippen molar-refractivity contribution in [3.05, 3.63) is 41.7 Å². The van der Waals surface area contributed by atoms with Crippen molar-refractivity contribution in [3.8, 4) is 11.3 Å². The maximum atomic E-state index is 12.9. The van der Waals surface area contributed by atoms with E-state index in [1.54, 1.807) is 11.8 Å². The topological polar surface area (TPSA) is 72.6 Å². The van der Waals surface area contributed by atoms with Crippen LogP contribution in [0.5, 0.6) is 0 Å². The van der Waals surface area contributed by atoms with Crippen molar-refractivity contribution in [1.29, 1.82) is 0 Å². The van der Waals surface area contributed by atoms with E-state index in [0.29, 0.717) is 36.7 Å². The summed E-state index contributed by atoms with van der Waals surface area (Å²) in [6.45, 7) is 3.08. The van der Waals surface area contributed by atoms with Gasteiger partial charge in [0.25, 0.3) is 5.91 Å². The molecule has 0 bridgehead atoms. The van der Waals surface area contributed by atoms with Crippen LogP contribution in [0.25, 0.3) is 11.3 Å². The fourth-order valence-corrected chi connectivity index (χ4v) is 3.34. The fourth-order valence-electron chi connectivity index (χ4n) is 3.34. The number of hydrogen-bond donors (Lipinski definition) is 0. The third kappa shape index (κ3) is 2.57. The van der Waals surface area contributed by atoms with E-state index in [0.717, 1.165) is 5.56 Å². The van der Waals surface area contributed by atoms with E-state index in [2.05, 4.69) is 5.16 Å². The van der Waals surface area contributed by atoms with Crippen LogP contribution in [-0.4, -0.2) is 41.6 Å². The van der Waals surface area contributed by atoms with E-state index in [9.17, 15) is 9.59 Å². The summed E-state index contributed by atoms with van der Waals surface area (Å²) in [5.41, 5.74) is 1.86. The molecule has 6 nitrogen and oxygen atoms in total. The van der Waals surface area contributed by atoms with Gasteiger partial charge in [-0.25, -0.2) is 0 Å². The standard InChI is InChI=1S/C17H16N2O4.ClH/c1-10-14(15(18-23-10)11-5-3-2-4-6-11)16(20)19-7-12-9-22-17(21)13(12)8-19;/h2-6,12-13H,7-9H2,1H3;1H/t12-,13-;/m1./s1. The smallest absolute Gasteiger partial charge is 0.311 e. The van der Waals surface area contributed by atoms with Gasteiger partial charge in [0.1, 0.15) is 17.0 Å². The lowest BCUT2D eigenvalue weighted by molar-refractivity contribution is -0.141. The Morgan fingerprint density at radius 1 is 1.25 bits per heavy atom. The van der Waals surface area contributed by atoms with Crippen LogP contribution in [0.3, 0.4) is 0 Å². The predicted octanol–water partition coefficient (Wildman–Crippen LogP) is 2.32. The lowest BCUT2D eigenvalue weighted by atomic mass is 10.0. The zero-order chi connectivity index (χ0) is 16.0. The molecule has 2 aliphatic rings. The Bertz CT molecular complexity index is 774. The Kier molecular flexibility index (Phi) is 4.32. The quantitative estimate of drug-likeness (QED) is 0.779. The largest absolute Gasteiger partial charge is 0.465 e. The second-order valence-corrected chi connectivity index (χ2v) is 6.04. The summed E-state index contributed by atoms with van der Waals surface area (Å²) in [7, 11) is 0. The molecule has 24 heavy (non-hydrogen) atoms. The number of aromatic nitrogens is 1. The monoisotopic (exact) mass is 348 g/mol. The molecular weight excluding hydrogens is 332 g/mol. The van der Waals surface area contributed by atoms with Gasteiger partial charge in [-0.1, -0.05) is 35.5 Å². The number of halogens is 1.